The first-order chi connectivity index (χ1) is 11.9. The molecular formula is C16H22N6O2S. The number of rotatable bonds is 7. The molecule has 0 aliphatic heterocycles. The van der Waals surface area contributed by atoms with Gasteiger partial charge in [-0.2, -0.15) is 0 Å². The minimum atomic E-state index is -0.599. The normalized spacial score (nSPS) is 12.0. The number of amides is 3. The van der Waals surface area contributed by atoms with Gasteiger partial charge in [0.15, 0.2) is 0 Å². The summed E-state index contributed by atoms with van der Waals surface area (Å²) in [7, 11) is 3.90. The smallest absolute Gasteiger partial charge is 0.312 e. The van der Waals surface area contributed by atoms with Crippen LogP contribution in [0.2, 0.25) is 0 Å². The number of nitrogen functional groups attached to an aromatic ring is 1. The monoisotopic (exact) mass is 362 g/mol. The maximum Gasteiger partial charge on any atom is 0.312 e. The van der Waals surface area contributed by atoms with Gasteiger partial charge >= 0.3 is 6.03 Å². The second-order valence-corrected chi connectivity index (χ2v) is 6.57. The number of carbonyl (C=O) groups is 2. The summed E-state index contributed by atoms with van der Waals surface area (Å²) in [5.74, 6) is -0.343. The summed E-state index contributed by atoms with van der Waals surface area (Å²) >= 11 is 1.41. The minimum absolute atomic E-state index is 0.264. The molecule has 8 nitrogen and oxygen atoms in total. The number of nitrogens with zero attached hydrogens (tertiary/aromatic N) is 2. The number of primary amides is 1. The topological polar surface area (TPSA) is 126 Å². The number of nitrogens with two attached hydrogens (primary N) is 2. The average Bonchev–Trinajstić information content (AvgIpc) is 2.96. The molecule has 2 rings (SSSR count). The van der Waals surface area contributed by atoms with Crippen molar-refractivity contribution in [3.63, 3.8) is 0 Å². The van der Waals surface area contributed by atoms with Crippen LogP contribution in [-0.4, -0.2) is 42.5 Å². The molecule has 0 bridgehead atoms. The molecule has 9 heteroatoms. The van der Waals surface area contributed by atoms with Gasteiger partial charge in [-0.15, -0.1) is 11.3 Å². The van der Waals surface area contributed by atoms with Crippen LogP contribution in [0.25, 0.3) is 0 Å². The van der Waals surface area contributed by atoms with Crippen molar-refractivity contribution in [1.29, 1.82) is 0 Å². The lowest BCUT2D eigenvalue weighted by Crippen LogP contribution is -2.34. The highest BCUT2D eigenvalue weighted by Gasteiger charge is 2.16. The van der Waals surface area contributed by atoms with Crippen molar-refractivity contribution in [2.24, 2.45) is 5.73 Å². The quantitative estimate of drug-likeness (QED) is 0.595. The van der Waals surface area contributed by atoms with Crippen LogP contribution in [0.1, 0.15) is 28.5 Å². The summed E-state index contributed by atoms with van der Waals surface area (Å²) in [6, 6.07) is 2.50. The third-order valence-corrected chi connectivity index (χ3v) is 4.30. The lowest BCUT2D eigenvalue weighted by Gasteiger charge is -2.20. The highest BCUT2D eigenvalue weighted by Crippen LogP contribution is 2.23. The van der Waals surface area contributed by atoms with Gasteiger partial charge in [0.05, 0.1) is 17.4 Å². The molecule has 0 saturated heterocycles. The van der Waals surface area contributed by atoms with Gasteiger partial charge in [-0.05, 0) is 38.7 Å². The molecule has 1 atom stereocenters. The Balaban J connectivity index is 2.08. The molecule has 0 saturated carbocycles. The minimum Gasteiger partial charge on any atom is -0.396 e. The van der Waals surface area contributed by atoms with E-state index in [4.69, 9.17) is 11.5 Å². The van der Waals surface area contributed by atoms with E-state index in [0.29, 0.717) is 17.8 Å². The number of nitrogens with one attached hydrogen (secondary N) is 2. The first-order valence-electron chi connectivity index (χ1n) is 7.66. The van der Waals surface area contributed by atoms with Crippen molar-refractivity contribution in [2.45, 2.75) is 12.5 Å². The van der Waals surface area contributed by atoms with Gasteiger partial charge in [-0.25, -0.2) is 4.79 Å². The Labute approximate surface area is 150 Å². The van der Waals surface area contributed by atoms with E-state index in [1.165, 1.54) is 11.3 Å². The second-order valence-electron chi connectivity index (χ2n) is 5.82. The lowest BCUT2D eigenvalue weighted by molar-refractivity contribution is 0.102. The third kappa shape index (κ3) is 5.44. The van der Waals surface area contributed by atoms with Crippen LogP contribution in [0, 0.1) is 0 Å². The number of hydrogen-bond donors (Lipinski definition) is 4. The highest BCUT2D eigenvalue weighted by atomic mass is 32.1. The Morgan fingerprint density at radius 3 is 2.60 bits per heavy atom. The van der Waals surface area contributed by atoms with Gasteiger partial charge in [-0.3, -0.25) is 9.78 Å². The van der Waals surface area contributed by atoms with E-state index < -0.39 is 6.03 Å². The van der Waals surface area contributed by atoms with Crippen LogP contribution in [0.3, 0.4) is 0 Å². The maximum absolute atomic E-state index is 12.2. The van der Waals surface area contributed by atoms with Crippen LogP contribution >= 0.6 is 11.3 Å². The van der Waals surface area contributed by atoms with Crippen LogP contribution in [0.15, 0.2) is 29.1 Å². The number of aromatic nitrogens is 1. The molecule has 0 aliphatic rings. The van der Waals surface area contributed by atoms with Crippen LogP contribution < -0.4 is 22.1 Å². The third-order valence-electron chi connectivity index (χ3n) is 3.54. The molecule has 2 aromatic rings. The molecule has 6 N–H and O–H groups in total. The Hall–Kier alpha value is -2.65. The summed E-state index contributed by atoms with van der Waals surface area (Å²) in [4.78, 5) is 29.6. The maximum atomic E-state index is 12.2. The SMILES string of the molecule is CN(C)CCC(NC(N)=O)c1ccc(C(=O)Nc2cscc2N)nc1. The van der Waals surface area contributed by atoms with Crippen LogP contribution in [-0.2, 0) is 0 Å². The van der Waals surface area contributed by atoms with Gasteiger partial charge in [0.1, 0.15) is 5.69 Å². The Kier molecular flexibility index (Phi) is 6.31. The van der Waals surface area contributed by atoms with Crippen molar-refractivity contribution in [1.82, 2.24) is 15.2 Å². The van der Waals surface area contributed by atoms with E-state index in [-0.39, 0.29) is 17.6 Å². The predicted octanol–water partition coefficient (Wildman–Crippen LogP) is 1.64. The molecule has 3 amide bonds. The summed E-state index contributed by atoms with van der Waals surface area (Å²) in [5.41, 5.74) is 13.1. The van der Waals surface area contributed by atoms with E-state index in [1.54, 1.807) is 29.1 Å². The second kappa shape index (κ2) is 8.45. The van der Waals surface area contributed by atoms with Crippen molar-refractivity contribution < 1.29 is 9.59 Å². The number of anilines is 2. The number of pyridine rings is 1. The standard InChI is InChI=1S/C16H22N6O2S/c1-22(2)6-5-12(21-16(18)24)10-3-4-13(19-7-10)15(23)20-14-9-25-8-11(14)17/h3-4,7-9,12H,5-6,17H2,1-2H3,(H,20,23)(H3,18,21,24). The molecule has 0 aromatic carbocycles. The number of urea groups is 1. The lowest BCUT2D eigenvalue weighted by atomic mass is 10.1. The Morgan fingerprint density at radius 2 is 2.08 bits per heavy atom. The van der Waals surface area contributed by atoms with Gasteiger partial charge in [-0.1, -0.05) is 6.07 Å². The molecule has 2 aromatic heterocycles. The molecule has 0 fully saturated rings. The first kappa shape index (κ1) is 18.7. The van der Waals surface area contributed by atoms with E-state index in [0.717, 1.165) is 12.1 Å². The summed E-state index contributed by atoms with van der Waals surface area (Å²) in [5, 5.41) is 8.92. The van der Waals surface area contributed by atoms with E-state index >= 15 is 0 Å². The molecule has 134 valence electrons. The molecule has 0 spiro atoms. The summed E-state index contributed by atoms with van der Waals surface area (Å²) in [6.07, 6.45) is 2.25. The molecule has 0 aliphatic carbocycles. The number of thiophene rings is 1. The Bertz CT molecular complexity index is 728. The van der Waals surface area contributed by atoms with E-state index in [9.17, 15) is 9.59 Å². The van der Waals surface area contributed by atoms with Crippen molar-refractivity contribution in [3.8, 4) is 0 Å². The number of hydrogen-bond acceptors (Lipinski definition) is 6. The van der Waals surface area contributed by atoms with Gasteiger partial charge in [0.2, 0.25) is 0 Å². The highest BCUT2D eigenvalue weighted by molar-refractivity contribution is 7.09. The van der Waals surface area contributed by atoms with E-state index in [2.05, 4.69) is 15.6 Å². The zero-order chi connectivity index (χ0) is 18.4. The van der Waals surface area contributed by atoms with Crippen molar-refractivity contribution >= 4 is 34.6 Å². The molecule has 2 heterocycles. The fraction of sp³-hybridized carbons (Fsp3) is 0.312. The molecule has 1 unspecified atom stereocenters. The molecular weight excluding hydrogens is 340 g/mol. The fourth-order valence-corrected chi connectivity index (χ4v) is 2.89. The first-order valence-corrected chi connectivity index (χ1v) is 8.60. The number of carbonyl (C=O) groups excluding carboxylic acids is 2. The zero-order valence-electron chi connectivity index (χ0n) is 14.2. The van der Waals surface area contributed by atoms with Crippen LogP contribution in [0.4, 0.5) is 16.2 Å². The van der Waals surface area contributed by atoms with Gasteiger partial charge < -0.3 is 27.0 Å². The largest absolute Gasteiger partial charge is 0.396 e. The summed E-state index contributed by atoms with van der Waals surface area (Å²) < 4.78 is 0. The van der Waals surface area contributed by atoms with Gasteiger partial charge in [0.25, 0.3) is 5.91 Å². The summed E-state index contributed by atoms with van der Waals surface area (Å²) in [6.45, 7) is 0.768. The molecule has 25 heavy (non-hydrogen) atoms. The van der Waals surface area contributed by atoms with Gasteiger partial charge in [0, 0.05) is 17.0 Å². The van der Waals surface area contributed by atoms with Crippen molar-refractivity contribution in [3.05, 3.63) is 40.3 Å². The van der Waals surface area contributed by atoms with E-state index in [1.807, 2.05) is 19.0 Å². The molecule has 0 radical (unpaired) electrons. The average molecular weight is 362 g/mol. The Morgan fingerprint density at radius 1 is 1.32 bits per heavy atom. The predicted molar refractivity (Wildman–Crippen MR) is 99.6 cm³/mol. The van der Waals surface area contributed by atoms with Crippen LogP contribution in [0.5, 0.6) is 0 Å². The zero-order valence-corrected chi connectivity index (χ0v) is 15.0. The fourth-order valence-electron chi connectivity index (χ4n) is 2.22. The van der Waals surface area contributed by atoms with Crippen molar-refractivity contribution in [2.75, 3.05) is 31.7 Å².